The molecule has 1 aliphatic rings. The van der Waals surface area contributed by atoms with Crippen molar-refractivity contribution in [2.45, 2.75) is 52.3 Å². The van der Waals surface area contributed by atoms with Gasteiger partial charge in [0, 0.05) is 0 Å². The minimum Gasteiger partial charge on any atom is -0.451 e. The van der Waals surface area contributed by atoms with E-state index in [0.717, 1.165) is 4.90 Å². The number of ether oxygens (including phenoxy) is 1. The van der Waals surface area contributed by atoms with Crippen LogP contribution in [-0.4, -0.2) is 46.3 Å². The first-order chi connectivity index (χ1) is 13.0. The predicted octanol–water partition coefficient (Wildman–Crippen LogP) is 1.66. The van der Waals surface area contributed by atoms with Gasteiger partial charge in [-0.25, -0.2) is 4.79 Å². The van der Waals surface area contributed by atoms with Crippen molar-refractivity contribution in [3.8, 4) is 6.07 Å². The Hall–Kier alpha value is -3.21. The van der Waals surface area contributed by atoms with Crippen LogP contribution >= 0.6 is 0 Å². The van der Waals surface area contributed by atoms with Gasteiger partial charge in [-0.05, 0) is 38.8 Å². The fraction of sp³-hybridized carbons (Fsp3) is 0.450. The Morgan fingerprint density at radius 1 is 1.11 bits per heavy atom. The summed E-state index contributed by atoms with van der Waals surface area (Å²) in [6.45, 7) is 7.86. The summed E-state index contributed by atoms with van der Waals surface area (Å²) in [4.78, 5) is 50.5. The van der Waals surface area contributed by atoms with Gasteiger partial charge < -0.3 is 10.1 Å². The molecular formula is C20H23N3O5. The van der Waals surface area contributed by atoms with Gasteiger partial charge in [-0.15, -0.1) is 0 Å². The molecule has 8 nitrogen and oxygen atoms in total. The summed E-state index contributed by atoms with van der Waals surface area (Å²) in [6, 6.07) is 7.12. The second kappa shape index (κ2) is 7.80. The maximum absolute atomic E-state index is 12.5. The van der Waals surface area contributed by atoms with Crippen LogP contribution in [-0.2, 0) is 14.3 Å². The Kier molecular flexibility index (Phi) is 5.88. The van der Waals surface area contributed by atoms with Crippen molar-refractivity contribution in [2.75, 3.05) is 0 Å². The Balaban J connectivity index is 2.07. The summed E-state index contributed by atoms with van der Waals surface area (Å²) in [6.07, 6.45) is -1.20. The second-order valence-electron chi connectivity index (χ2n) is 7.24. The number of carbonyl (C=O) groups excluding carboxylic acids is 4. The van der Waals surface area contributed by atoms with Gasteiger partial charge in [0.15, 0.2) is 6.10 Å². The smallest absolute Gasteiger partial charge is 0.329 e. The quantitative estimate of drug-likeness (QED) is 0.588. The minimum atomic E-state index is -1.20. The number of nitriles is 1. The molecule has 8 heteroatoms. The highest BCUT2D eigenvalue weighted by atomic mass is 16.5. The molecule has 0 saturated heterocycles. The molecule has 2 rings (SSSR count). The lowest BCUT2D eigenvalue weighted by Crippen LogP contribution is -2.53. The molecule has 0 saturated carbocycles. The average molecular weight is 385 g/mol. The van der Waals surface area contributed by atoms with Crippen molar-refractivity contribution in [1.29, 1.82) is 5.26 Å². The summed E-state index contributed by atoms with van der Waals surface area (Å²) < 4.78 is 5.15. The highest BCUT2D eigenvalue weighted by Crippen LogP contribution is 2.25. The number of nitrogens with one attached hydrogen (secondary N) is 1. The normalized spacial score (nSPS) is 17.4. The molecule has 0 spiro atoms. The molecular weight excluding hydrogens is 362 g/mol. The molecule has 1 aromatic carbocycles. The van der Waals surface area contributed by atoms with Gasteiger partial charge in [-0.1, -0.05) is 26.0 Å². The lowest BCUT2D eigenvalue weighted by atomic mass is 9.90. The van der Waals surface area contributed by atoms with Gasteiger partial charge >= 0.3 is 5.97 Å². The molecule has 0 bridgehead atoms. The molecule has 28 heavy (non-hydrogen) atoms. The molecule has 1 aromatic rings. The fourth-order valence-corrected chi connectivity index (χ4v) is 2.65. The van der Waals surface area contributed by atoms with Crippen molar-refractivity contribution in [3.05, 3.63) is 35.4 Å². The maximum Gasteiger partial charge on any atom is 0.329 e. The largest absolute Gasteiger partial charge is 0.451 e. The van der Waals surface area contributed by atoms with E-state index in [1.54, 1.807) is 32.9 Å². The third kappa shape index (κ3) is 3.74. The molecule has 1 N–H and O–H groups in total. The van der Waals surface area contributed by atoms with Crippen molar-refractivity contribution in [3.63, 3.8) is 0 Å². The Labute approximate surface area is 163 Å². The first kappa shape index (κ1) is 21.1. The standard InChI is InChI=1S/C20H23N3O5/c1-11(2)20(5,10-21)22-16(24)13(4)28-19(27)12(3)23-17(25)14-8-6-7-9-15(14)18(23)26/h6-9,11-13H,1-5H3,(H,22,24)/t12-,13-,20+/m1/s1. The SMILES string of the molecule is CC(C)[C@](C)(C#N)NC(=O)[C@@H](C)OC(=O)[C@@H](C)N1C(=O)c2ccccc2C1=O. The van der Waals surface area contributed by atoms with Crippen LogP contribution in [0.4, 0.5) is 0 Å². The monoisotopic (exact) mass is 385 g/mol. The number of amides is 3. The zero-order chi connectivity index (χ0) is 21.2. The first-order valence-corrected chi connectivity index (χ1v) is 8.94. The van der Waals surface area contributed by atoms with E-state index in [-0.39, 0.29) is 17.0 Å². The Bertz CT molecular complexity index is 838. The van der Waals surface area contributed by atoms with Crippen molar-refractivity contribution in [2.24, 2.45) is 5.92 Å². The number of imide groups is 1. The van der Waals surface area contributed by atoms with Crippen molar-refractivity contribution < 1.29 is 23.9 Å². The van der Waals surface area contributed by atoms with Crippen LogP contribution in [0.2, 0.25) is 0 Å². The van der Waals surface area contributed by atoms with Gasteiger partial charge in [-0.2, -0.15) is 5.26 Å². The lowest BCUT2D eigenvalue weighted by molar-refractivity contribution is -0.158. The molecule has 0 radical (unpaired) electrons. The molecule has 0 unspecified atom stereocenters. The number of nitrogens with zero attached hydrogens (tertiary/aromatic N) is 2. The summed E-state index contributed by atoms with van der Waals surface area (Å²) in [5.41, 5.74) is -0.675. The number of carbonyl (C=O) groups is 4. The van der Waals surface area contributed by atoms with Crippen molar-refractivity contribution in [1.82, 2.24) is 10.2 Å². The molecule has 0 aromatic heterocycles. The number of fused-ring (bicyclic) bond motifs is 1. The van der Waals surface area contributed by atoms with E-state index < -0.39 is 41.4 Å². The van der Waals surface area contributed by atoms with E-state index in [0.29, 0.717) is 0 Å². The van der Waals surface area contributed by atoms with E-state index in [1.165, 1.54) is 26.0 Å². The van der Waals surface area contributed by atoms with E-state index in [4.69, 9.17) is 4.74 Å². The zero-order valence-corrected chi connectivity index (χ0v) is 16.5. The number of hydrogen-bond donors (Lipinski definition) is 1. The summed E-state index contributed by atoms with van der Waals surface area (Å²) in [5.74, 6) is -2.86. The van der Waals surface area contributed by atoms with Gasteiger partial charge in [-0.3, -0.25) is 19.3 Å². The van der Waals surface area contributed by atoms with E-state index >= 15 is 0 Å². The highest BCUT2D eigenvalue weighted by molar-refractivity contribution is 6.22. The lowest BCUT2D eigenvalue weighted by Gasteiger charge is -2.29. The van der Waals surface area contributed by atoms with Crippen LogP contribution in [0.15, 0.2) is 24.3 Å². The van der Waals surface area contributed by atoms with Crippen LogP contribution < -0.4 is 5.32 Å². The first-order valence-electron chi connectivity index (χ1n) is 8.94. The number of benzene rings is 1. The summed E-state index contributed by atoms with van der Waals surface area (Å²) in [5, 5.41) is 11.9. The van der Waals surface area contributed by atoms with E-state index in [1.807, 2.05) is 6.07 Å². The van der Waals surface area contributed by atoms with Crippen LogP contribution in [0.25, 0.3) is 0 Å². The van der Waals surface area contributed by atoms with Crippen LogP contribution in [0.1, 0.15) is 55.3 Å². The van der Waals surface area contributed by atoms with Gasteiger partial charge in [0.05, 0.1) is 17.2 Å². The molecule has 0 aliphatic carbocycles. The van der Waals surface area contributed by atoms with Crippen molar-refractivity contribution >= 4 is 23.7 Å². The zero-order valence-electron chi connectivity index (χ0n) is 16.5. The number of rotatable bonds is 6. The molecule has 0 fully saturated rings. The average Bonchev–Trinajstić information content (AvgIpc) is 2.91. The maximum atomic E-state index is 12.5. The van der Waals surface area contributed by atoms with E-state index in [2.05, 4.69) is 5.32 Å². The van der Waals surface area contributed by atoms with Gasteiger partial charge in [0.1, 0.15) is 11.6 Å². The molecule has 3 atom stereocenters. The predicted molar refractivity (Wildman–Crippen MR) is 99.0 cm³/mol. The third-order valence-electron chi connectivity index (χ3n) is 4.99. The molecule has 3 amide bonds. The highest BCUT2D eigenvalue weighted by Gasteiger charge is 2.42. The van der Waals surface area contributed by atoms with Gasteiger partial charge in [0.25, 0.3) is 17.7 Å². The molecule has 1 aliphatic heterocycles. The van der Waals surface area contributed by atoms with E-state index in [9.17, 15) is 24.4 Å². The fourth-order valence-electron chi connectivity index (χ4n) is 2.65. The van der Waals surface area contributed by atoms with Crippen LogP contribution in [0.5, 0.6) is 0 Å². The number of hydrogen-bond acceptors (Lipinski definition) is 6. The molecule has 1 heterocycles. The van der Waals surface area contributed by atoms with Crippen LogP contribution in [0.3, 0.4) is 0 Å². The molecule has 148 valence electrons. The Morgan fingerprint density at radius 2 is 1.61 bits per heavy atom. The van der Waals surface area contributed by atoms with Gasteiger partial charge in [0.2, 0.25) is 0 Å². The summed E-state index contributed by atoms with van der Waals surface area (Å²) >= 11 is 0. The topological polar surface area (TPSA) is 117 Å². The third-order valence-corrected chi connectivity index (χ3v) is 4.99. The minimum absolute atomic E-state index is 0.165. The van der Waals surface area contributed by atoms with Crippen LogP contribution in [0, 0.1) is 17.2 Å². The Morgan fingerprint density at radius 3 is 2.04 bits per heavy atom. The second-order valence-corrected chi connectivity index (χ2v) is 7.24. The number of esters is 1. The summed E-state index contributed by atoms with van der Waals surface area (Å²) in [7, 11) is 0.